The summed E-state index contributed by atoms with van der Waals surface area (Å²) in [5, 5.41) is 24.6. The van der Waals surface area contributed by atoms with Crippen molar-refractivity contribution < 1.29 is 0 Å². The van der Waals surface area contributed by atoms with Gasteiger partial charge in [0.05, 0.1) is 69.9 Å². The van der Waals surface area contributed by atoms with Gasteiger partial charge < -0.3 is 9.13 Å². The predicted octanol–water partition coefficient (Wildman–Crippen LogP) is 20.2. The van der Waals surface area contributed by atoms with E-state index in [9.17, 15) is 10.5 Å². The normalized spacial score (nSPS) is 11.1. The highest BCUT2D eigenvalue weighted by atomic mass is 15.0. The van der Waals surface area contributed by atoms with Crippen LogP contribution in [0.1, 0.15) is 11.1 Å². The fraction of sp³-hybridized carbons (Fsp3) is 0. The van der Waals surface area contributed by atoms with Crippen molar-refractivity contribution in [2.24, 2.45) is 0 Å². The van der Waals surface area contributed by atoms with Crippen LogP contribution in [0.3, 0.4) is 0 Å². The van der Waals surface area contributed by atoms with E-state index in [4.69, 9.17) is 28.1 Å². The highest BCUT2D eigenvalue weighted by Crippen LogP contribution is 2.46. The number of aromatic nitrogens is 5. The number of rotatable bonds is 10. The first-order valence-electron chi connectivity index (χ1n) is 28.7. The Morgan fingerprint density at radius 3 is 1.03 bits per heavy atom. The average Bonchev–Trinajstić information content (AvgIpc) is 1.61. The van der Waals surface area contributed by atoms with E-state index in [0.29, 0.717) is 40.0 Å². The summed E-state index contributed by atoms with van der Waals surface area (Å²) in [5.74, 6) is 1.59. The summed E-state index contributed by atoms with van der Waals surface area (Å²) in [6.45, 7) is 16.3. The maximum Gasteiger partial charge on any atom is 0.194 e. The van der Waals surface area contributed by atoms with Crippen LogP contribution in [0.15, 0.2) is 273 Å². The van der Waals surface area contributed by atoms with Gasteiger partial charge in [0.15, 0.2) is 28.8 Å². The van der Waals surface area contributed by atoms with Crippen molar-refractivity contribution >= 4 is 55.0 Å². The van der Waals surface area contributed by atoms with Gasteiger partial charge in [0, 0.05) is 49.4 Å². The van der Waals surface area contributed by atoms with Crippen molar-refractivity contribution in [3.05, 3.63) is 307 Å². The SMILES string of the molecule is [C-]#[N+]c1ccccc1-c1ccc2c(c1)c1cc(-c3ccccc3C#N)ccc1n2-c1ccccc1-c1cc(-c2nc(-c3ccccc3)nc(-c3ccccc3)n2)ccc1-n1c2ccc(-c3ccccc3C#N)cc2c2cc(-c3ccccc3[N+]#[C-])ccc21. The molecule has 0 amide bonds. The maximum absolute atomic E-state index is 10.4. The highest BCUT2D eigenvalue weighted by molar-refractivity contribution is 6.14. The Labute approximate surface area is 507 Å². The molecule has 0 aliphatic carbocycles. The van der Waals surface area contributed by atoms with Crippen LogP contribution in [-0.4, -0.2) is 24.1 Å². The van der Waals surface area contributed by atoms with E-state index in [2.05, 4.69) is 146 Å². The lowest BCUT2D eigenvalue weighted by Gasteiger charge is -2.20. The zero-order valence-electron chi connectivity index (χ0n) is 47.0. The van der Waals surface area contributed by atoms with Gasteiger partial charge in [0.2, 0.25) is 0 Å². The Bertz CT molecular complexity index is 5230. The summed E-state index contributed by atoms with van der Waals surface area (Å²) in [7, 11) is 0. The van der Waals surface area contributed by atoms with Crippen LogP contribution in [0.2, 0.25) is 0 Å². The van der Waals surface area contributed by atoms with Gasteiger partial charge >= 0.3 is 0 Å². The zero-order valence-corrected chi connectivity index (χ0v) is 47.0. The van der Waals surface area contributed by atoms with E-state index in [0.717, 1.165) is 127 Å². The van der Waals surface area contributed by atoms with Gasteiger partial charge in [-0.05, 0) is 129 Å². The van der Waals surface area contributed by atoms with Gasteiger partial charge in [0.25, 0.3) is 0 Å². The third kappa shape index (κ3) is 8.89. The molecular weight excluding hydrogens is 1070 g/mol. The highest BCUT2D eigenvalue weighted by Gasteiger charge is 2.25. The third-order valence-electron chi connectivity index (χ3n) is 16.5. The molecule has 0 radical (unpaired) electrons. The van der Waals surface area contributed by atoms with Crippen molar-refractivity contribution in [2.75, 3.05) is 0 Å². The van der Waals surface area contributed by atoms with E-state index >= 15 is 0 Å². The number of hydrogen-bond donors (Lipinski definition) is 0. The molecule has 0 N–H and O–H groups in total. The predicted molar refractivity (Wildman–Crippen MR) is 354 cm³/mol. The number of benzene rings is 12. The minimum Gasteiger partial charge on any atom is -0.309 e. The summed E-state index contributed by atoms with van der Waals surface area (Å²) in [6.07, 6.45) is 0. The Kier molecular flexibility index (Phi) is 12.9. The Morgan fingerprint density at radius 2 is 0.614 bits per heavy atom. The molecule has 3 heterocycles. The quantitative estimate of drug-likeness (QED) is 0.127. The Morgan fingerprint density at radius 1 is 0.284 bits per heavy atom. The molecule has 9 heteroatoms. The first-order chi connectivity index (χ1) is 43.5. The molecule has 0 fully saturated rings. The van der Waals surface area contributed by atoms with Crippen molar-refractivity contribution in [3.63, 3.8) is 0 Å². The van der Waals surface area contributed by atoms with Crippen LogP contribution < -0.4 is 0 Å². The van der Waals surface area contributed by atoms with Crippen LogP contribution in [0.25, 0.3) is 154 Å². The van der Waals surface area contributed by atoms with Crippen LogP contribution in [-0.2, 0) is 0 Å². The van der Waals surface area contributed by atoms with Gasteiger partial charge in [-0.1, -0.05) is 188 Å². The molecule has 0 bridgehead atoms. The van der Waals surface area contributed by atoms with Crippen LogP contribution in [0.5, 0.6) is 0 Å². The lowest BCUT2D eigenvalue weighted by Crippen LogP contribution is -2.03. The largest absolute Gasteiger partial charge is 0.309 e. The van der Waals surface area contributed by atoms with E-state index in [-0.39, 0.29) is 0 Å². The number of nitriles is 2. The Balaban J connectivity index is 1.03. The molecule has 0 aliphatic heterocycles. The molecule has 0 unspecified atom stereocenters. The van der Waals surface area contributed by atoms with Gasteiger partial charge in [-0.3, -0.25) is 0 Å². The molecule has 0 saturated carbocycles. The summed E-state index contributed by atoms with van der Waals surface area (Å²) < 4.78 is 4.66. The van der Waals surface area contributed by atoms with E-state index < -0.39 is 0 Å². The van der Waals surface area contributed by atoms with Crippen LogP contribution in [0.4, 0.5) is 11.4 Å². The van der Waals surface area contributed by atoms with Crippen molar-refractivity contribution in [2.45, 2.75) is 0 Å². The van der Waals surface area contributed by atoms with Crippen LogP contribution in [0, 0.1) is 35.8 Å². The van der Waals surface area contributed by atoms with E-state index in [1.165, 1.54) is 0 Å². The molecule has 12 aromatic carbocycles. The second kappa shape index (κ2) is 21.8. The van der Waals surface area contributed by atoms with Gasteiger partial charge in [0.1, 0.15) is 0 Å². The van der Waals surface area contributed by atoms with Crippen LogP contribution >= 0.6 is 0 Å². The third-order valence-corrected chi connectivity index (χ3v) is 16.5. The molecule has 88 heavy (non-hydrogen) atoms. The summed E-state index contributed by atoms with van der Waals surface area (Å²) in [4.78, 5) is 23.4. The van der Waals surface area contributed by atoms with Gasteiger partial charge in [-0.2, -0.15) is 10.5 Å². The molecule has 9 nitrogen and oxygen atoms in total. The smallest absolute Gasteiger partial charge is 0.194 e. The summed E-state index contributed by atoms with van der Waals surface area (Å²) in [6, 6.07) is 96.4. The lowest BCUT2D eigenvalue weighted by molar-refractivity contribution is 1.07. The number of fused-ring (bicyclic) bond motifs is 6. The molecule has 3 aromatic heterocycles. The number of para-hydroxylation sites is 3. The van der Waals surface area contributed by atoms with E-state index in [1.54, 1.807) is 0 Å². The molecule has 406 valence electrons. The van der Waals surface area contributed by atoms with Gasteiger partial charge in [-0.15, -0.1) is 0 Å². The molecule has 0 atom stereocenters. The Hall–Kier alpha value is -12.8. The maximum atomic E-state index is 10.4. The van der Waals surface area contributed by atoms with Crippen molar-refractivity contribution in [1.82, 2.24) is 24.1 Å². The molecule has 0 aliphatic rings. The number of nitrogens with zero attached hydrogens (tertiary/aromatic N) is 9. The second-order valence-electron chi connectivity index (χ2n) is 21.5. The first kappa shape index (κ1) is 52.0. The molecule has 15 aromatic rings. The lowest BCUT2D eigenvalue weighted by atomic mass is 9.97. The van der Waals surface area contributed by atoms with E-state index in [1.807, 2.05) is 158 Å². The molecular formula is C79H45N9. The topological polar surface area (TPSA) is 105 Å². The van der Waals surface area contributed by atoms with Gasteiger partial charge in [-0.25, -0.2) is 24.6 Å². The van der Waals surface area contributed by atoms with Crippen molar-refractivity contribution in [1.29, 1.82) is 10.5 Å². The fourth-order valence-corrected chi connectivity index (χ4v) is 12.5. The first-order valence-corrected chi connectivity index (χ1v) is 28.7. The molecule has 15 rings (SSSR count). The minimum absolute atomic E-state index is 0.499. The number of hydrogen-bond acceptors (Lipinski definition) is 5. The summed E-state index contributed by atoms with van der Waals surface area (Å²) in [5.41, 5.74) is 19.1. The molecule has 0 spiro atoms. The standard InChI is InChI=1S/C79H45N9/c1-82-69-30-16-13-27-61(69)54-35-40-74-67(45-54)65-43-52(59-25-11-9-23-57(59)48-80)33-38-73(65)87(74)71-32-18-15-29-63(71)64-47-56(79-85-77(50-19-5-3-6-20-50)84-78(86-79)51-21-7-4-8-22-51)37-42-72(64)88-75-39-34-53(60-26-12-10-24-58(60)49-81)44-66(75)68-46-55(36-41-76(68)88)62-28-14-17-31-70(62)83-2/h3-47H. The summed E-state index contributed by atoms with van der Waals surface area (Å²) >= 11 is 0. The van der Waals surface area contributed by atoms with Crippen molar-refractivity contribution in [3.8, 4) is 113 Å². The minimum atomic E-state index is 0.499. The second-order valence-corrected chi connectivity index (χ2v) is 21.5. The average molecular weight is 1120 g/mol. The zero-order chi connectivity index (χ0) is 59.2. The fourth-order valence-electron chi connectivity index (χ4n) is 12.5. The molecule has 0 saturated heterocycles. The monoisotopic (exact) mass is 1120 g/mol.